The van der Waals surface area contributed by atoms with E-state index in [1.54, 1.807) is 17.4 Å². The third kappa shape index (κ3) is 2.30. The third-order valence-electron chi connectivity index (χ3n) is 2.37. The van der Waals surface area contributed by atoms with Gasteiger partial charge < -0.3 is 4.74 Å². The second kappa shape index (κ2) is 5.29. The molecule has 0 amide bonds. The maximum Gasteiger partial charge on any atom is 0.253 e. The van der Waals surface area contributed by atoms with Gasteiger partial charge in [0.25, 0.3) is 5.24 Å². The molecule has 2 rings (SSSR count). The lowest BCUT2D eigenvalue weighted by Crippen LogP contribution is -1.95. The summed E-state index contributed by atoms with van der Waals surface area (Å²) >= 11 is 8.72. The molecular weight excluding hydrogens is 276 g/mol. The van der Waals surface area contributed by atoms with Crippen molar-refractivity contribution in [3.63, 3.8) is 0 Å². The Kier molecular flexibility index (Phi) is 3.97. The van der Waals surface area contributed by atoms with Crippen molar-refractivity contribution >= 4 is 50.0 Å². The minimum atomic E-state index is -0.426. The average molecular weight is 287 g/mol. The van der Waals surface area contributed by atoms with Crippen LogP contribution >= 0.6 is 34.7 Å². The third-order valence-corrected chi connectivity index (χ3v) is 4.34. The molecule has 0 bridgehead atoms. The monoisotopic (exact) mass is 286 g/mol. The van der Waals surface area contributed by atoms with Crippen LogP contribution in [-0.4, -0.2) is 18.1 Å². The van der Waals surface area contributed by atoms with E-state index in [0.29, 0.717) is 12.2 Å². The van der Waals surface area contributed by atoms with Gasteiger partial charge in [0, 0.05) is 25.9 Å². The van der Waals surface area contributed by atoms with Crippen molar-refractivity contribution in [3.8, 4) is 5.75 Å². The number of thioether (sulfide) groups is 1. The van der Waals surface area contributed by atoms with Gasteiger partial charge in [-0.2, -0.15) is 0 Å². The van der Waals surface area contributed by atoms with E-state index in [1.807, 2.05) is 24.6 Å². The Hall–Kier alpha value is -0.710. The van der Waals surface area contributed by atoms with Gasteiger partial charge in [0.05, 0.1) is 6.61 Å². The first-order chi connectivity index (χ1) is 8.19. The zero-order chi connectivity index (χ0) is 12.4. The fourth-order valence-electron chi connectivity index (χ4n) is 1.70. The molecule has 0 saturated heterocycles. The van der Waals surface area contributed by atoms with E-state index in [2.05, 4.69) is 0 Å². The van der Waals surface area contributed by atoms with Crippen molar-refractivity contribution in [3.05, 3.63) is 23.1 Å². The Labute approximate surface area is 113 Å². The number of fused-ring (bicyclic) bond motifs is 1. The minimum absolute atomic E-state index is 0.426. The summed E-state index contributed by atoms with van der Waals surface area (Å²) < 4.78 is 6.69. The molecule has 17 heavy (non-hydrogen) atoms. The molecule has 0 N–H and O–H groups in total. The molecule has 1 heterocycles. The number of benzene rings is 1. The van der Waals surface area contributed by atoms with E-state index in [4.69, 9.17) is 16.3 Å². The number of hydrogen-bond donors (Lipinski definition) is 0. The van der Waals surface area contributed by atoms with Gasteiger partial charge in [-0.15, -0.1) is 23.1 Å². The molecule has 0 aliphatic carbocycles. The highest BCUT2D eigenvalue weighted by Crippen LogP contribution is 2.40. The molecule has 1 aromatic carbocycles. The molecule has 2 aromatic rings. The highest BCUT2D eigenvalue weighted by molar-refractivity contribution is 7.99. The van der Waals surface area contributed by atoms with Gasteiger partial charge in [-0.05, 0) is 36.9 Å². The van der Waals surface area contributed by atoms with Crippen LogP contribution in [0.5, 0.6) is 5.75 Å². The van der Waals surface area contributed by atoms with E-state index in [1.165, 1.54) is 11.8 Å². The maximum atomic E-state index is 11.4. The van der Waals surface area contributed by atoms with Crippen LogP contribution in [0, 0.1) is 0 Å². The molecule has 90 valence electrons. The first-order valence-electron chi connectivity index (χ1n) is 5.09. The average Bonchev–Trinajstić information content (AvgIpc) is 2.72. The van der Waals surface area contributed by atoms with Crippen LogP contribution in [0.25, 0.3) is 10.1 Å². The van der Waals surface area contributed by atoms with Crippen molar-refractivity contribution in [1.82, 2.24) is 0 Å². The molecule has 1 aromatic heterocycles. The van der Waals surface area contributed by atoms with Crippen molar-refractivity contribution in [2.24, 2.45) is 0 Å². The van der Waals surface area contributed by atoms with Crippen molar-refractivity contribution in [1.29, 1.82) is 0 Å². The summed E-state index contributed by atoms with van der Waals surface area (Å²) in [5.74, 6) is 0.830. The number of hydrogen-bond acceptors (Lipinski definition) is 4. The fraction of sp³-hybridized carbons (Fsp3) is 0.250. The molecule has 0 aliphatic heterocycles. The molecule has 2 nitrogen and oxygen atoms in total. The quantitative estimate of drug-likeness (QED) is 0.615. The summed E-state index contributed by atoms with van der Waals surface area (Å²) in [6, 6.07) is 3.69. The van der Waals surface area contributed by atoms with Crippen LogP contribution in [0.4, 0.5) is 0 Å². The predicted molar refractivity (Wildman–Crippen MR) is 75.0 cm³/mol. The van der Waals surface area contributed by atoms with Crippen LogP contribution in [0.3, 0.4) is 0 Å². The Morgan fingerprint density at radius 1 is 1.53 bits per heavy atom. The summed E-state index contributed by atoms with van der Waals surface area (Å²) in [7, 11) is 0. The zero-order valence-corrected chi connectivity index (χ0v) is 11.8. The van der Waals surface area contributed by atoms with Gasteiger partial charge in [-0.1, -0.05) is 0 Å². The Morgan fingerprint density at radius 3 is 2.88 bits per heavy atom. The first-order valence-corrected chi connectivity index (χ1v) is 7.58. The lowest BCUT2D eigenvalue weighted by molar-refractivity contribution is 0.107. The smallest absolute Gasteiger partial charge is 0.253 e. The second-order valence-electron chi connectivity index (χ2n) is 3.33. The molecule has 0 fully saturated rings. The largest absolute Gasteiger partial charge is 0.492 e. The summed E-state index contributed by atoms with van der Waals surface area (Å²) in [4.78, 5) is 12.3. The van der Waals surface area contributed by atoms with Crippen molar-refractivity contribution in [2.45, 2.75) is 11.8 Å². The van der Waals surface area contributed by atoms with Crippen LogP contribution in [-0.2, 0) is 0 Å². The first kappa shape index (κ1) is 12.7. The summed E-state index contributed by atoms with van der Waals surface area (Å²) in [6.07, 6.45) is 1.94. The number of thiophene rings is 1. The molecule has 0 unspecified atom stereocenters. The summed E-state index contributed by atoms with van der Waals surface area (Å²) in [5.41, 5.74) is 0.547. The minimum Gasteiger partial charge on any atom is -0.492 e. The van der Waals surface area contributed by atoms with Crippen LogP contribution in [0.15, 0.2) is 22.4 Å². The predicted octanol–water partition coefficient (Wildman–Crippen LogP) is 4.40. The number of carbonyl (C=O) groups is 1. The van der Waals surface area contributed by atoms with Crippen molar-refractivity contribution in [2.75, 3.05) is 12.9 Å². The number of halogens is 1. The van der Waals surface area contributed by atoms with Gasteiger partial charge in [-0.25, -0.2) is 0 Å². The van der Waals surface area contributed by atoms with Crippen LogP contribution < -0.4 is 4.74 Å². The van der Waals surface area contributed by atoms with Crippen LogP contribution in [0.1, 0.15) is 17.3 Å². The molecule has 0 radical (unpaired) electrons. The van der Waals surface area contributed by atoms with E-state index >= 15 is 0 Å². The Bertz CT molecular complexity index is 563. The number of ether oxygens (including phenoxy) is 1. The molecule has 5 heteroatoms. The molecule has 0 aliphatic rings. The topological polar surface area (TPSA) is 26.3 Å². The highest BCUT2D eigenvalue weighted by atomic mass is 35.5. The SMILES string of the molecule is CCOc1csc2ccc(C(=O)Cl)c(SC)c12. The van der Waals surface area contributed by atoms with Gasteiger partial charge in [0.1, 0.15) is 5.75 Å². The van der Waals surface area contributed by atoms with Gasteiger partial charge in [0.2, 0.25) is 0 Å². The summed E-state index contributed by atoms with van der Waals surface area (Å²) in [5, 5.41) is 2.54. The molecular formula is C12H11ClO2S2. The van der Waals surface area contributed by atoms with E-state index in [-0.39, 0.29) is 0 Å². The van der Waals surface area contributed by atoms with E-state index < -0.39 is 5.24 Å². The van der Waals surface area contributed by atoms with E-state index in [0.717, 1.165) is 20.7 Å². The normalized spacial score (nSPS) is 10.8. The number of carbonyl (C=O) groups excluding carboxylic acids is 1. The van der Waals surface area contributed by atoms with Gasteiger partial charge in [-0.3, -0.25) is 4.79 Å². The maximum absolute atomic E-state index is 11.4. The molecule has 0 atom stereocenters. The standard InChI is InChI=1S/C12H11ClO2S2/c1-3-15-8-6-17-9-5-4-7(12(13)14)11(16-2)10(8)9/h4-6H,3H2,1-2H3. The zero-order valence-electron chi connectivity index (χ0n) is 9.45. The number of rotatable bonds is 4. The summed E-state index contributed by atoms with van der Waals surface area (Å²) in [6.45, 7) is 2.55. The molecule has 0 spiro atoms. The van der Waals surface area contributed by atoms with Gasteiger partial charge in [0.15, 0.2) is 0 Å². The molecule has 0 saturated carbocycles. The van der Waals surface area contributed by atoms with Gasteiger partial charge >= 0.3 is 0 Å². The van der Waals surface area contributed by atoms with Crippen LogP contribution in [0.2, 0.25) is 0 Å². The second-order valence-corrected chi connectivity index (χ2v) is 5.40. The lowest BCUT2D eigenvalue weighted by atomic mass is 10.1. The Balaban J connectivity index is 2.73. The lowest BCUT2D eigenvalue weighted by Gasteiger charge is -2.07. The van der Waals surface area contributed by atoms with Crippen molar-refractivity contribution < 1.29 is 9.53 Å². The van der Waals surface area contributed by atoms with E-state index in [9.17, 15) is 4.79 Å². The fourth-order valence-corrected chi connectivity index (χ4v) is 3.66. The highest BCUT2D eigenvalue weighted by Gasteiger charge is 2.16. The Morgan fingerprint density at radius 2 is 2.29 bits per heavy atom.